The second-order valence-corrected chi connectivity index (χ2v) is 7.89. The van der Waals surface area contributed by atoms with Crippen molar-refractivity contribution in [3.05, 3.63) is 65.9 Å². The third-order valence-electron chi connectivity index (χ3n) is 5.78. The maximum atomic E-state index is 14.7. The number of benzene rings is 2. The molecule has 2 aromatic heterocycles. The van der Waals surface area contributed by atoms with Crippen LogP contribution in [-0.4, -0.2) is 49.0 Å². The predicted molar refractivity (Wildman–Crippen MR) is 114 cm³/mol. The first-order valence-corrected chi connectivity index (χ1v) is 10.6. The number of rotatable bonds is 4. The first-order chi connectivity index (χ1) is 16.0. The van der Waals surface area contributed by atoms with E-state index in [0.29, 0.717) is 18.8 Å². The fraction of sp³-hybridized carbons (Fsp3) is 0.261. The van der Waals surface area contributed by atoms with Crippen molar-refractivity contribution in [3.8, 4) is 28.7 Å². The average Bonchev–Trinajstić information content (AvgIpc) is 3.47. The molecule has 0 N–H and O–H groups in total. The number of likely N-dealkylation sites (tertiary alicyclic amines) is 1. The zero-order chi connectivity index (χ0) is 22.9. The molecule has 1 aliphatic heterocycles. The number of aromatic nitrogens is 5. The summed E-state index contributed by atoms with van der Waals surface area (Å²) in [7, 11) is 0. The lowest BCUT2D eigenvalue weighted by Gasteiger charge is -2.32. The van der Waals surface area contributed by atoms with Crippen LogP contribution < -0.4 is 0 Å². The van der Waals surface area contributed by atoms with Gasteiger partial charge in [-0.3, -0.25) is 4.79 Å². The van der Waals surface area contributed by atoms with Gasteiger partial charge in [0.2, 0.25) is 11.7 Å². The molecule has 1 amide bonds. The topological polar surface area (TPSA) is 89.9 Å². The number of nitrogens with zero attached hydrogens (tertiary/aromatic N) is 6. The zero-order valence-electron chi connectivity index (χ0n) is 17.8. The number of halogens is 2. The van der Waals surface area contributed by atoms with Gasteiger partial charge in [-0.1, -0.05) is 34.6 Å². The van der Waals surface area contributed by atoms with E-state index in [-0.39, 0.29) is 40.5 Å². The van der Waals surface area contributed by atoms with Gasteiger partial charge < -0.3 is 9.42 Å². The standard InChI is InChI=1S/C23H20F2N6O2/c1-14(32)30-12-6-7-15(13-30)21-20(27-29-31(21)19-11-5-4-10-18(19)25)23-26-22(28-33-23)16-8-2-3-9-17(16)24/h2-5,8-11,15H,6-7,12-13H2,1H3. The van der Waals surface area contributed by atoms with Gasteiger partial charge in [0, 0.05) is 25.9 Å². The molecule has 5 rings (SSSR count). The molecule has 0 saturated carbocycles. The molecular formula is C23H20F2N6O2. The second kappa shape index (κ2) is 8.53. The van der Waals surface area contributed by atoms with Crippen molar-refractivity contribution in [3.63, 3.8) is 0 Å². The average molecular weight is 450 g/mol. The Labute approximate surface area is 187 Å². The van der Waals surface area contributed by atoms with Gasteiger partial charge in [0.25, 0.3) is 5.89 Å². The predicted octanol–water partition coefficient (Wildman–Crippen LogP) is 3.99. The summed E-state index contributed by atoms with van der Waals surface area (Å²) < 4.78 is 35.7. The highest BCUT2D eigenvalue weighted by molar-refractivity contribution is 5.73. The Morgan fingerprint density at radius 2 is 1.85 bits per heavy atom. The quantitative estimate of drug-likeness (QED) is 0.467. The molecule has 0 aliphatic carbocycles. The van der Waals surface area contributed by atoms with Gasteiger partial charge in [-0.05, 0) is 37.1 Å². The molecule has 3 heterocycles. The molecule has 10 heteroatoms. The number of hydrogen-bond acceptors (Lipinski definition) is 6. The van der Waals surface area contributed by atoms with Gasteiger partial charge in [-0.2, -0.15) is 4.98 Å². The fourth-order valence-electron chi connectivity index (χ4n) is 4.17. The maximum absolute atomic E-state index is 14.7. The van der Waals surface area contributed by atoms with Crippen LogP contribution in [-0.2, 0) is 4.79 Å². The molecule has 0 bridgehead atoms. The Kier molecular flexibility index (Phi) is 5.41. The third kappa shape index (κ3) is 3.88. The summed E-state index contributed by atoms with van der Waals surface area (Å²) in [5, 5.41) is 12.3. The summed E-state index contributed by atoms with van der Waals surface area (Å²) in [6, 6.07) is 12.3. The van der Waals surface area contributed by atoms with Crippen LogP contribution in [0.5, 0.6) is 0 Å². The minimum Gasteiger partial charge on any atom is -0.342 e. The molecule has 0 spiro atoms. The minimum atomic E-state index is -0.482. The molecule has 1 atom stereocenters. The molecule has 1 aliphatic rings. The molecule has 168 valence electrons. The minimum absolute atomic E-state index is 0.0363. The lowest BCUT2D eigenvalue weighted by Crippen LogP contribution is -2.38. The van der Waals surface area contributed by atoms with E-state index in [0.717, 1.165) is 12.8 Å². The number of carbonyl (C=O) groups excluding carboxylic acids is 1. The molecule has 1 saturated heterocycles. The zero-order valence-corrected chi connectivity index (χ0v) is 17.8. The van der Waals surface area contributed by atoms with Crippen LogP contribution in [0.4, 0.5) is 8.78 Å². The Bertz CT molecular complexity index is 1320. The molecular weight excluding hydrogens is 430 g/mol. The van der Waals surface area contributed by atoms with Crippen LogP contribution >= 0.6 is 0 Å². The maximum Gasteiger partial charge on any atom is 0.280 e. The Morgan fingerprint density at radius 1 is 1.09 bits per heavy atom. The first kappa shape index (κ1) is 20.9. The third-order valence-corrected chi connectivity index (χ3v) is 5.78. The lowest BCUT2D eigenvalue weighted by molar-refractivity contribution is -0.130. The van der Waals surface area contributed by atoms with Crippen LogP contribution in [0.2, 0.25) is 0 Å². The molecule has 0 radical (unpaired) electrons. The van der Waals surface area contributed by atoms with Gasteiger partial charge in [0.1, 0.15) is 17.3 Å². The van der Waals surface area contributed by atoms with Crippen LogP contribution in [0.15, 0.2) is 53.1 Å². The molecule has 1 fully saturated rings. The summed E-state index contributed by atoms with van der Waals surface area (Å²) in [5.74, 6) is -1.05. The van der Waals surface area contributed by atoms with Crippen LogP contribution in [0, 0.1) is 11.6 Å². The summed E-state index contributed by atoms with van der Waals surface area (Å²) >= 11 is 0. The van der Waals surface area contributed by atoms with Gasteiger partial charge in [0.05, 0.1) is 11.3 Å². The summed E-state index contributed by atoms with van der Waals surface area (Å²) in [4.78, 5) is 18.1. The van der Waals surface area contributed by atoms with E-state index in [2.05, 4.69) is 20.5 Å². The Morgan fingerprint density at radius 3 is 2.61 bits per heavy atom. The van der Waals surface area contributed by atoms with Crippen LogP contribution in [0.25, 0.3) is 28.7 Å². The molecule has 33 heavy (non-hydrogen) atoms. The monoisotopic (exact) mass is 450 g/mol. The van der Waals surface area contributed by atoms with E-state index in [9.17, 15) is 13.6 Å². The van der Waals surface area contributed by atoms with Gasteiger partial charge in [-0.15, -0.1) is 5.10 Å². The number of carbonyl (C=O) groups is 1. The van der Waals surface area contributed by atoms with Gasteiger partial charge in [0.15, 0.2) is 5.69 Å². The summed E-state index contributed by atoms with van der Waals surface area (Å²) in [6.07, 6.45) is 1.52. The van der Waals surface area contributed by atoms with E-state index in [1.807, 2.05) is 0 Å². The highest BCUT2D eigenvalue weighted by atomic mass is 19.1. The molecule has 1 unspecified atom stereocenters. The first-order valence-electron chi connectivity index (χ1n) is 10.6. The molecule has 4 aromatic rings. The normalized spacial score (nSPS) is 16.2. The van der Waals surface area contributed by atoms with Crippen molar-refractivity contribution >= 4 is 5.91 Å². The van der Waals surface area contributed by atoms with Crippen molar-refractivity contribution in [1.82, 2.24) is 30.0 Å². The number of piperidine rings is 1. The van der Waals surface area contributed by atoms with Crippen LogP contribution in [0.1, 0.15) is 31.4 Å². The summed E-state index contributed by atoms with van der Waals surface area (Å²) in [6.45, 7) is 2.60. The molecule has 2 aromatic carbocycles. The SMILES string of the molecule is CC(=O)N1CCCC(c2c(-c3nc(-c4ccccc4F)no3)nnn2-c2ccccc2F)C1. The Hall–Kier alpha value is -3.95. The van der Waals surface area contributed by atoms with E-state index >= 15 is 0 Å². The van der Waals surface area contributed by atoms with E-state index in [4.69, 9.17) is 4.52 Å². The van der Waals surface area contributed by atoms with Crippen molar-refractivity contribution in [1.29, 1.82) is 0 Å². The van der Waals surface area contributed by atoms with E-state index in [1.165, 1.54) is 23.7 Å². The highest BCUT2D eigenvalue weighted by Gasteiger charge is 2.32. The number of para-hydroxylation sites is 1. The largest absolute Gasteiger partial charge is 0.342 e. The van der Waals surface area contributed by atoms with Crippen molar-refractivity contribution in [2.24, 2.45) is 0 Å². The van der Waals surface area contributed by atoms with Crippen molar-refractivity contribution in [2.45, 2.75) is 25.7 Å². The number of hydrogen-bond donors (Lipinski definition) is 0. The van der Waals surface area contributed by atoms with E-state index < -0.39 is 11.6 Å². The Balaban J connectivity index is 1.62. The number of amides is 1. The highest BCUT2D eigenvalue weighted by Crippen LogP contribution is 2.35. The van der Waals surface area contributed by atoms with Crippen LogP contribution in [0.3, 0.4) is 0 Å². The van der Waals surface area contributed by atoms with Gasteiger partial charge in [-0.25, -0.2) is 13.5 Å². The van der Waals surface area contributed by atoms with Gasteiger partial charge >= 0.3 is 0 Å². The fourth-order valence-corrected chi connectivity index (χ4v) is 4.17. The second-order valence-electron chi connectivity index (χ2n) is 7.89. The smallest absolute Gasteiger partial charge is 0.280 e. The van der Waals surface area contributed by atoms with Crippen molar-refractivity contribution < 1.29 is 18.1 Å². The summed E-state index contributed by atoms with van der Waals surface area (Å²) in [5.41, 5.74) is 1.26. The van der Waals surface area contributed by atoms with E-state index in [1.54, 1.807) is 41.3 Å². The lowest BCUT2D eigenvalue weighted by atomic mass is 9.93. The van der Waals surface area contributed by atoms with Crippen molar-refractivity contribution in [2.75, 3.05) is 13.1 Å². The molecule has 8 nitrogen and oxygen atoms in total.